The van der Waals surface area contributed by atoms with Crippen molar-refractivity contribution in [2.24, 2.45) is 0 Å². The lowest BCUT2D eigenvalue weighted by atomic mass is 10.1. The van der Waals surface area contributed by atoms with E-state index in [-0.39, 0.29) is 11.7 Å². The fourth-order valence-electron chi connectivity index (χ4n) is 2.40. The lowest BCUT2D eigenvalue weighted by Gasteiger charge is -2.09. The monoisotopic (exact) mass is 366 g/mol. The number of hydrogen-bond acceptors (Lipinski definition) is 5. The first kappa shape index (κ1) is 17.9. The maximum Gasteiger partial charge on any atom is 0.256 e. The third kappa shape index (κ3) is 4.40. The molecule has 0 aliphatic carbocycles. The number of carbonyl (C=O) groups is 2. The molecule has 6 heteroatoms. The van der Waals surface area contributed by atoms with Gasteiger partial charge in [-0.3, -0.25) is 9.59 Å². The minimum absolute atomic E-state index is 0.00715. The second kappa shape index (κ2) is 8.01. The third-order valence-corrected chi connectivity index (χ3v) is 4.82. The largest absolute Gasteiger partial charge is 0.360 e. The van der Waals surface area contributed by atoms with E-state index in [9.17, 15) is 9.59 Å². The van der Waals surface area contributed by atoms with Gasteiger partial charge in [0, 0.05) is 22.2 Å². The molecule has 0 spiro atoms. The van der Waals surface area contributed by atoms with Crippen molar-refractivity contribution in [1.82, 2.24) is 5.16 Å². The van der Waals surface area contributed by atoms with Crippen LogP contribution in [0.3, 0.4) is 0 Å². The SMILES string of the molecule is CC(=O)c1ccc(NC(=O)c2ccccc2SCc2cc(C)no2)cc1. The Morgan fingerprint density at radius 1 is 1.12 bits per heavy atom. The van der Waals surface area contributed by atoms with Crippen molar-refractivity contribution >= 4 is 29.1 Å². The standard InChI is InChI=1S/C20H18N2O3S/c1-13-11-17(25-22-13)12-26-19-6-4-3-5-18(19)20(24)21-16-9-7-15(8-10-16)14(2)23/h3-11H,12H2,1-2H3,(H,21,24). The predicted octanol–water partition coefficient (Wildman–Crippen LogP) is 4.73. The van der Waals surface area contributed by atoms with Gasteiger partial charge in [-0.25, -0.2) is 0 Å². The fourth-order valence-corrected chi connectivity index (χ4v) is 3.32. The number of nitrogens with zero attached hydrogens (tertiary/aromatic N) is 1. The van der Waals surface area contributed by atoms with Crippen LogP contribution in [-0.4, -0.2) is 16.8 Å². The van der Waals surface area contributed by atoms with Crippen LogP contribution in [0.5, 0.6) is 0 Å². The van der Waals surface area contributed by atoms with Gasteiger partial charge in [-0.1, -0.05) is 17.3 Å². The van der Waals surface area contributed by atoms with Crippen molar-refractivity contribution in [1.29, 1.82) is 0 Å². The molecule has 0 fully saturated rings. The van der Waals surface area contributed by atoms with E-state index in [1.165, 1.54) is 18.7 Å². The number of thioether (sulfide) groups is 1. The van der Waals surface area contributed by atoms with Crippen LogP contribution in [-0.2, 0) is 5.75 Å². The van der Waals surface area contributed by atoms with Gasteiger partial charge in [0.1, 0.15) is 5.76 Å². The van der Waals surface area contributed by atoms with Crippen LogP contribution in [0.15, 0.2) is 64.0 Å². The summed E-state index contributed by atoms with van der Waals surface area (Å²) in [6.07, 6.45) is 0. The summed E-state index contributed by atoms with van der Waals surface area (Å²) in [6, 6.07) is 16.1. The van der Waals surface area contributed by atoms with Gasteiger partial charge in [0.25, 0.3) is 5.91 Å². The summed E-state index contributed by atoms with van der Waals surface area (Å²) in [5, 5.41) is 6.74. The van der Waals surface area contributed by atoms with Gasteiger partial charge >= 0.3 is 0 Å². The van der Waals surface area contributed by atoms with E-state index in [1.54, 1.807) is 30.3 Å². The van der Waals surface area contributed by atoms with Crippen molar-refractivity contribution in [2.45, 2.75) is 24.5 Å². The summed E-state index contributed by atoms with van der Waals surface area (Å²) in [5.74, 6) is 1.16. The van der Waals surface area contributed by atoms with Crippen LogP contribution >= 0.6 is 11.8 Å². The second-order valence-electron chi connectivity index (χ2n) is 5.81. The molecule has 0 radical (unpaired) electrons. The summed E-state index contributed by atoms with van der Waals surface area (Å²) in [6.45, 7) is 3.38. The van der Waals surface area contributed by atoms with Crippen LogP contribution in [0, 0.1) is 6.92 Å². The maximum absolute atomic E-state index is 12.6. The molecule has 2 aromatic carbocycles. The number of carbonyl (C=O) groups excluding carboxylic acids is 2. The van der Waals surface area contributed by atoms with E-state index in [0.717, 1.165) is 16.3 Å². The Bertz CT molecular complexity index is 932. The predicted molar refractivity (Wildman–Crippen MR) is 102 cm³/mol. The Balaban J connectivity index is 1.71. The van der Waals surface area contributed by atoms with Gasteiger partial charge in [-0.15, -0.1) is 11.8 Å². The maximum atomic E-state index is 12.6. The summed E-state index contributed by atoms with van der Waals surface area (Å²) in [5.41, 5.74) is 2.68. The van der Waals surface area contributed by atoms with E-state index < -0.39 is 0 Å². The van der Waals surface area contributed by atoms with E-state index in [2.05, 4.69) is 10.5 Å². The number of benzene rings is 2. The average molecular weight is 366 g/mol. The van der Waals surface area contributed by atoms with E-state index in [0.29, 0.717) is 22.6 Å². The zero-order valence-electron chi connectivity index (χ0n) is 14.5. The quantitative estimate of drug-likeness (QED) is 0.504. The molecule has 0 saturated carbocycles. The molecule has 0 aliphatic heterocycles. The summed E-state index contributed by atoms with van der Waals surface area (Å²) < 4.78 is 5.21. The molecule has 3 aromatic rings. The number of amides is 1. The van der Waals surface area contributed by atoms with Gasteiger partial charge in [-0.2, -0.15) is 0 Å². The van der Waals surface area contributed by atoms with Crippen LogP contribution in [0.2, 0.25) is 0 Å². The van der Waals surface area contributed by atoms with Gasteiger partial charge < -0.3 is 9.84 Å². The van der Waals surface area contributed by atoms with Crippen molar-refractivity contribution in [3.05, 3.63) is 77.2 Å². The Labute approximate surface area is 155 Å². The number of aryl methyl sites for hydroxylation is 1. The molecule has 132 valence electrons. The highest BCUT2D eigenvalue weighted by atomic mass is 32.2. The average Bonchev–Trinajstić information content (AvgIpc) is 3.06. The lowest BCUT2D eigenvalue weighted by Crippen LogP contribution is -2.13. The first-order valence-electron chi connectivity index (χ1n) is 8.09. The van der Waals surface area contributed by atoms with E-state index in [1.807, 2.05) is 31.2 Å². The number of rotatable bonds is 6. The van der Waals surface area contributed by atoms with Crippen molar-refractivity contribution < 1.29 is 14.1 Å². The van der Waals surface area contributed by atoms with Crippen LogP contribution in [0.25, 0.3) is 0 Å². The molecule has 1 aromatic heterocycles. The number of nitrogens with one attached hydrogen (secondary N) is 1. The van der Waals surface area contributed by atoms with Gasteiger partial charge in [0.05, 0.1) is 17.0 Å². The number of Topliss-reactive ketones (excluding diaryl/α,β-unsaturated/α-hetero) is 1. The number of anilines is 1. The van der Waals surface area contributed by atoms with Crippen molar-refractivity contribution in [2.75, 3.05) is 5.32 Å². The highest BCUT2D eigenvalue weighted by Crippen LogP contribution is 2.27. The Kier molecular flexibility index (Phi) is 5.53. The molecule has 1 N–H and O–H groups in total. The second-order valence-corrected chi connectivity index (χ2v) is 6.82. The minimum atomic E-state index is -0.197. The molecule has 1 heterocycles. The Morgan fingerprint density at radius 2 is 1.85 bits per heavy atom. The van der Waals surface area contributed by atoms with Gasteiger partial charge in [0.15, 0.2) is 5.78 Å². The molecular formula is C20H18N2O3S. The zero-order valence-corrected chi connectivity index (χ0v) is 15.3. The van der Waals surface area contributed by atoms with Crippen molar-refractivity contribution in [3.63, 3.8) is 0 Å². The molecular weight excluding hydrogens is 348 g/mol. The highest BCUT2D eigenvalue weighted by Gasteiger charge is 2.13. The molecule has 0 bridgehead atoms. The van der Waals surface area contributed by atoms with E-state index in [4.69, 9.17) is 4.52 Å². The number of ketones is 1. The highest BCUT2D eigenvalue weighted by molar-refractivity contribution is 7.98. The lowest BCUT2D eigenvalue weighted by molar-refractivity contribution is 0.101. The molecule has 5 nitrogen and oxygen atoms in total. The first-order chi connectivity index (χ1) is 12.5. The molecule has 0 atom stereocenters. The number of aromatic nitrogens is 1. The fraction of sp³-hybridized carbons (Fsp3) is 0.150. The van der Waals surface area contributed by atoms with Gasteiger partial charge in [0.2, 0.25) is 0 Å². The molecule has 26 heavy (non-hydrogen) atoms. The molecule has 0 aliphatic rings. The van der Waals surface area contributed by atoms with E-state index >= 15 is 0 Å². The topological polar surface area (TPSA) is 72.2 Å². The summed E-state index contributed by atoms with van der Waals surface area (Å²) in [4.78, 5) is 24.8. The van der Waals surface area contributed by atoms with Gasteiger partial charge in [-0.05, 0) is 50.2 Å². The minimum Gasteiger partial charge on any atom is -0.360 e. The third-order valence-electron chi connectivity index (χ3n) is 3.73. The van der Waals surface area contributed by atoms with Crippen LogP contribution in [0.4, 0.5) is 5.69 Å². The zero-order chi connectivity index (χ0) is 18.5. The molecule has 0 saturated heterocycles. The molecule has 0 unspecified atom stereocenters. The summed E-state index contributed by atoms with van der Waals surface area (Å²) in [7, 11) is 0. The normalized spacial score (nSPS) is 10.5. The molecule has 3 rings (SSSR count). The first-order valence-corrected chi connectivity index (χ1v) is 9.08. The summed E-state index contributed by atoms with van der Waals surface area (Å²) >= 11 is 1.52. The Morgan fingerprint density at radius 3 is 2.50 bits per heavy atom. The van der Waals surface area contributed by atoms with Crippen molar-refractivity contribution in [3.8, 4) is 0 Å². The Hall–Kier alpha value is -2.86. The smallest absolute Gasteiger partial charge is 0.256 e. The molecule has 1 amide bonds. The van der Waals surface area contributed by atoms with Crippen LogP contribution < -0.4 is 5.32 Å². The van der Waals surface area contributed by atoms with Crippen LogP contribution in [0.1, 0.15) is 39.1 Å². The number of hydrogen-bond donors (Lipinski definition) is 1.